The van der Waals surface area contributed by atoms with Crippen molar-refractivity contribution in [1.29, 1.82) is 0 Å². The van der Waals surface area contributed by atoms with E-state index in [2.05, 4.69) is 10.2 Å². The molecule has 0 radical (unpaired) electrons. The average Bonchev–Trinajstić information content (AvgIpc) is 3.01. The molecule has 0 aromatic heterocycles. The quantitative estimate of drug-likeness (QED) is 0.554. The predicted octanol–water partition coefficient (Wildman–Crippen LogP) is -0.829. The fraction of sp³-hybridized carbons (Fsp3) is 0.900. The standard InChI is InChI=1S/C10H21N3O2/c1-12-9(10(11)14)7-13(5-6-15-2)8-3-4-8/h8-9,12H,3-7H2,1-2H3,(H2,11,14). The first-order valence-electron chi connectivity index (χ1n) is 5.38. The van der Waals surface area contributed by atoms with Gasteiger partial charge < -0.3 is 15.8 Å². The minimum atomic E-state index is -0.291. The third kappa shape index (κ3) is 4.15. The van der Waals surface area contributed by atoms with Crippen LogP contribution in [0.3, 0.4) is 0 Å². The van der Waals surface area contributed by atoms with Crippen molar-refractivity contribution in [1.82, 2.24) is 10.2 Å². The van der Waals surface area contributed by atoms with Crippen LogP contribution in [0, 0.1) is 0 Å². The van der Waals surface area contributed by atoms with Crippen LogP contribution in [0.2, 0.25) is 0 Å². The Kier molecular flexibility index (Phi) is 5.01. The Morgan fingerprint density at radius 1 is 1.67 bits per heavy atom. The first kappa shape index (κ1) is 12.4. The molecule has 1 unspecified atom stereocenters. The van der Waals surface area contributed by atoms with Crippen molar-refractivity contribution in [3.63, 3.8) is 0 Å². The van der Waals surface area contributed by atoms with Gasteiger partial charge in [0, 0.05) is 26.2 Å². The number of carbonyl (C=O) groups is 1. The van der Waals surface area contributed by atoms with Crippen molar-refractivity contribution in [2.45, 2.75) is 24.9 Å². The van der Waals surface area contributed by atoms with Gasteiger partial charge in [-0.2, -0.15) is 0 Å². The van der Waals surface area contributed by atoms with E-state index in [1.165, 1.54) is 12.8 Å². The molecule has 3 N–H and O–H groups in total. The van der Waals surface area contributed by atoms with Crippen LogP contribution in [0.4, 0.5) is 0 Å². The molecule has 0 aromatic rings. The summed E-state index contributed by atoms with van der Waals surface area (Å²) < 4.78 is 5.05. The summed E-state index contributed by atoms with van der Waals surface area (Å²) in [6.07, 6.45) is 2.44. The largest absolute Gasteiger partial charge is 0.383 e. The fourth-order valence-corrected chi connectivity index (χ4v) is 1.63. The van der Waals surface area contributed by atoms with Gasteiger partial charge >= 0.3 is 0 Å². The molecule has 0 heterocycles. The van der Waals surface area contributed by atoms with E-state index in [0.29, 0.717) is 19.2 Å². The zero-order valence-electron chi connectivity index (χ0n) is 9.53. The van der Waals surface area contributed by atoms with Crippen LogP contribution < -0.4 is 11.1 Å². The van der Waals surface area contributed by atoms with Crippen LogP contribution in [0.5, 0.6) is 0 Å². The summed E-state index contributed by atoms with van der Waals surface area (Å²) in [6, 6.07) is 0.359. The molecule has 0 spiro atoms. The minimum absolute atomic E-state index is 0.262. The van der Waals surface area contributed by atoms with E-state index in [0.717, 1.165) is 6.54 Å². The average molecular weight is 215 g/mol. The first-order valence-corrected chi connectivity index (χ1v) is 5.38. The van der Waals surface area contributed by atoms with Gasteiger partial charge in [0.05, 0.1) is 12.6 Å². The normalized spacial score (nSPS) is 18.1. The molecule has 0 aromatic carbocycles. The highest BCUT2D eigenvalue weighted by Gasteiger charge is 2.31. The van der Waals surface area contributed by atoms with Crippen LogP contribution >= 0.6 is 0 Å². The number of ether oxygens (including phenoxy) is 1. The van der Waals surface area contributed by atoms with E-state index < -0.39 is 0 Å². The lowest BCUT2D eigenvalue weighted by molar-refractivity contribution is -0.120. The molecule has 1 atom stereocenters. The molecule has 88 valence electrons. The Hall–Kier alpha value is -0.650. The summed E-state index contributed by atoms with van der Waals surface area (Å²) in [5.41, 5.74) is 5.29. The molecule has 15 heavy (non-hydrogen) atoms. The second-order valence-electron chi connectivity index (χ2n) is 3.96. The Labute approximate surface area is 90.9 Å². The molecule has 1 amide bonds. The number of nitrogens with one attached hydrogen (secondary N) is 1. The van der Waals surface area contributed by atoms with Crippen LogP contribution in [0.15, 0.2) is 0 Å². The maximum Gasteiger partial charge on any atom is 0.235 e. The third-order valence-electron chi connectivity index (χ3n) is 2.75. The Morgan fingerprint density at radius 3 is 2.73 bits per heavy atom. The van der Waals surface area contributed by atoms with Crippen LogP contribution in [-0.4, -0.2) is 56.7 Å². The number of likely N-dealkylation sites (N-methyl/N-ethyl adjacent to an activating group) is 1. The van der Waals surface area contributed by atoms with E-state index in [-0.39, 0.29) is 11.9 Å². The van der Waals surface area contributed by atoms with Crippen LogP contribution in [0.1, 0.15) is 12.8 Å². The number of carbonyl (C=O) groups excluding carboxylic acids is 1. The molecule has 5 nitrogen and oxygen atoms in total. The van der Waals surface area contributed by atoms with Gasteiger partial charge in [0.25, 0.3) is 0 Å². The Bertz CT molecular complexity index is 207. The lowest BCUT2D eigenvalue weighted by Crippen LogP contribution is -2.49. The Balaban J connectivity index is 2.38. The molecular formula is C10H21N3O2. The summed E-state index contributed by atoms with van der Waals surface area (Å²) >= 11 is 0. The third-order valence-corrected chi connectivity index (χ3v) is 2.75. The minimum Gasteiger partial charge on any atom is -0.383 e. The van der Waals surface area contributed by atoms with Crippen molar-refractivity contribution < 1.29 is 9.53 Å². The molecule has 1 aliphatic carbocycles. The number of amides is 1. The fourth-order valence-electron chi connectivity index (χ4n) is 1.63. The van der Waals surface area contributed by atoms with E-state index in [1.807, 2.05) is 0 Å². The number of hydrogen-bond donors (Lipinski definition) is 2. The molecule has 0 bridgehead atoms. The van der Waals surface area contributed by atoms with Gasteiger partial charge in [0.2, 0.25) is 5.91 Å². The van der Waals surface area contributed by atoms with Crippen LogP contribution in [0.25, 0.3) is 0 Å². The van der Waals surface area contributed by atoms with Crippen molar-refractivity contribution in [2.75, 3.05) is 33.9 Å². The summed E-state index contributed by atoms with van der Waals surface area (Å²) in [6.45, 7) is 2.25. The molecule has 0 aliphatic heterocycles. The van der Waals surface area contributed by atoms with Gasteiger partial charge in [-0.1, -0.05) is 0 Å². The maximum absolute atomic E-state index is 11.1. The first-order chi connectivity index (χ1) is 7.19. The SMILES string of the molecule is CNC(CN(CCOC)C1CC1)C(N)=O. The van der Waals surface area contributed by atoms with Crippen molar-refractivity contribution in [3.05, 3.63) is 0 Å². The number of methoxy groups -OCH3 is 1. The monoisotopic (exact) mass is 215 g/mol. The molecule has 1 saturated carbocycles. The van der Waals surface area contributed by atoms with E-state index >= 15 is 0 Å². The zero-order valence-corrected chi connectivity index (χ0v) is 9.53. The zero-order chi connectivity index (χ0) is 11.3. The van der Waals surface area contributed by atoms with E-state index in [9.17, 15) is 4.79 Å². The predicted molar refractivity (Wildman–Crippen MR) is 58.5 cm³/mol. The highest BCUT2D eigenvalue weighted by atomic mass is 16.5. The van der Waals surface area contributed by atoms with Crippen molar-refractivity contribution >= 4 is 5.91 Å². The molecule has 1 fully saturated rings. The van der Waals surface area contributed by atoms with Gasteiger partial charge in [-0.3, -0.25) is 9.69 Å². The summed E-state index contributed by atoms with van der Waals surface area (Å²) in [7, 11) is 3.45. The lowest BCUT2D eigenvalue weighted by Gasteiger charge is -2.25. The molecular weight excluding hydrogens is 194 g/mol. The number of nitrogens with two attached hydrogens (primary N) is 1. The molecule has 0 saturated heterocycles. The molecule has 1 aliphatic rings. The number of primary amides is 1. The maximum atomic E-state index is 11.1. The summed E-state index contributed by atoms with van der Waals surface area (Å²) in [5.74, 6) is -0.291. The number of hydrogen-bond acceptors (Lipinski definition) is 4. The lowest BCUT2D eigenvalue weighted by atomic mass is 10.2. The number of nitrogens with zero attached hydrogens (tertiary/aromatic N) is 1. The number of rotatable bonds is 8. The van der Waals surface area contributed by atoms with Gasteiger partial charge in [0.15, 0.2) is 0 Å². The second kappa shape index (κ2) is 6.05. The smallest absolute Gasteiger partial charge is 0.235 e. The highest BCUT2D eigenvalue weighted by molar-refractivity contribution is 5.80. The summed E-state index contributed by atoms with van der Waals surface area (Å²) in [5, 5.41) is 2.93. The van der Waals surface area contributed by atoms with Gasteiger partial charge in [-0.25, -0.2) is 0 Å². The van der Waals surface area contributed by atoms with Gasteiger partial charge in [0.1, 0.15) is 0 Å². The topological polar surface area (TPSA) is 67.6 Å². The van der Waals surface area contributed by atoms with Crippen LogP contribution in [-0.2, 0) is 9.53 Å². The Morgan fingerprint density at radius 2 is 2.33 bits per heavy atom. The summed E-state index contributed by atoms with van der Waals surface area (Å²) in [4.78, 5) is 13.4. The molecule has 5 heteroatoms. The van der Waals surface area contributed by atoms with Crippen molar-refractivity contribution in [2.24, 2.45) is 5.73 Å². The van der Waals surface area contributed by atoms with Gasteiger partial charge in [-0.05, 0) is 19.9 Å². The highest BCUT2D eigenvalue weighted by Crippen LogP contribution is 2.26. The van der Waals surface area contributed by atoms with E-state index in [4.69, 9.17) is 10.5 Å². The van der Waals surface area contributed by atoms with Crippen molar-refractivity contribution in [3.8, 4) is 0 Å². The van der Waals surface area contributed by atoms with Gasteiger partial charge in [-0.15, -0.1) is 0 Å². The second-order valence-corrected chi connectivity index (χ2v) is 3.96. The molecule has 1 rings (SSSR count). The van der Waals surface area contributed by atoms with E-state index in [1.54, 1.807) is 14.2 Å².